The molecule has 0 bridgehead atoms. The second-order valence-corrected chi connectivity index (χ2v) is 4.88. The van der Waals surface area contributed by atoms with Gasteiger partial charge in [-0.05, 0) is 34.1 Å². The quantitative estimate of drug-likeness (QED) is 0.705. The largest absolute Gasteiger partial charge is 0.392 e. The van der Waals surface area contributed by atoms with Crippen LogP contribution in [0.3, 0.4) is 0 Å². The SMILES string of the molecule is CC(C)N(CC1C[C@@H](O)CN1)C(C)C. The van der Waals surface area contributed by atoms with E-state index in [0.29, 0.717) is 18.1 Å². The molecule has 1 rings (SSSR count). The van der Waals surface area contributed by atoms with Gasteiger partial charge in [-0.3, -0.25) is 4.90 Å². The Morgan fingerprint density at radius 1 is 1.29 bits per heavy atom. The minimum atomic E-state index is -0.138. The summed E-state index contributed by atoms with van der Waals surface area (Å²) >= 11 is 0. The van der Waals surface area contributed by atoms with Crippen LogP contribution in [0.25, 0.3) is 0 Å². The fourth-order valence-electron chi connectivity index (χ4n) is 2.21. The third-order valence-electron chi connectivity index (χ3n) is 2.96. The topological polar surface area (TPSA) is 35.5 Å². The first kappa shape index (κ1) is 12.0. The van der Waals surface area contributed by atoms with Crippen LogP contribution in [0.15, 0.2) is 0 Å². The maximum Gasteiger partial charge on any atom is 0.0680 e. The van der Waals surface area contributed by atoms with E-state index in [1.807, 2.05) is 0 Å². The number of hydrogen-bond donors (Lipinski definition) is 2. The third kappa shape index (κ3) is 3.23. The molecule has 0 aromatic rings. The fraction of sp³-hybridized carbons (Fsp3) is 1.00. The van der Waals surface area contributed by atoms with Gasteiger partial charge >= 0.3 is 0 Å². The van der Waals surface area contributed by atoms with Gasteiger partial charge in [0, 0.05) is 31.2 Å². The van der Waals surface area contributed by atoms with Gasteiger partial charge in [0.25, 0.3) is 0 Å². The molecule has 1 aliphatic rings. The number of aliphatic hydroxyl groups is 1. The van der Waals surface area contributed by atoms with E-state index in [9.17, 15) is 5.11 Å². The average Bonchev–Trinajstić information content (AvgIpc) is 2.46. The molecule has 0 aromatic carbocycles. The zero-order valence-electron chi connectivity index (χ0n) is 9.83. The van der Waals surface area contributed by atoms with Crippen LogP contribution in [0, 0.1) is 0 Å². The Labute approximate surface area is 87.5 Å². The van der Waals surface area contributed by atoms with E-state index in [2.05, 4.69) is 37.9 Å². The summed E-state index contributed by atoms with van der Waals surface area (Å²) in [6.07, 6.45) is 0.761. The molecule has 1 fully saturated rings. The van der Waals surface area contributed by atoms with Crippen molar-refractivity contribution < 1.29 is 5.11 Å². The molecule has 0 aliphatic carbocycles. The third-order valence-corrected chi connectivity index (χ3v) is 2.96. The highest BCUT2D eigenvalue weighted by Crippen LogP contribution is 2.12. The zero-order valence-corrected chi connectivity index (χ0v) is 9.83. The second kappa shape index (κ2) is 5.10. The van der Waals surface area contributed by atoms with Gasteiger partial charge in [0.2, 0.25) is 0 Å². The smallest absolute Gasteiger partial charge is 0.0680 e. The second-order valence-electron chi connectivity index (χ2n) is 4.88. The van der Waals surface area contributed by atoms with Gasteiger partial charge < -0.3 is 10.4 Å². The molecule has 0 amide bonds. The van der Waals surface area contributed by atoms with Crippen LogP contribution in [0.5, 0.6) is 0 Å². The number of nitrogens with one attached hydrogen (secondary N) is 1. The lowest BCUT2D eigenvalue weighted by molar-refractivity contribution is 0.151. The Bertz CT molecular complexity index is 163. The van der Waals surface area contributed by atoms with Gasteiger partial charge in [0.15, 0.2) is 0 Å². The van der Waals surface area contributed by atoms with Crippen LogP contribution in [-0.2, 0) is 0 Å². The maximum atomic E-state index is 9.41. The van der Waals surface area contributed by atoms with Gasteiger partial charge in [0.1, 0.15) is 0 Å². The Balaban J connectivity index is 2.40. The lowest BCUT2D eigenvalue weighted by Crippen LogP contribution is -2.44. The van der Waals surface area contributed by atoms with E-state index >= 15 is 0 Å². The molecule has 2 atom stereocenters. The summed E-state index contributed by atoms with van der Waals surface area (Å²) in [5.41, 5.74) is 0. The summed E-state index contributed by atoms with van der Waals surface area (Å²) in [7, 11) is 0. The Hall–Kier alpha value is -0.120. The number of hydrogen-bond acceptors (Lipinski definition) is 3. The molecule has 0 radical (unpaired) electrons. The molecule has 1 unspecified atom stereocenters. The van der Waals surface area contributed by atoms with Gasteiger partial charge in [-0.25, -0.2) is 0 Å². The van der Waals surface area contributed by atoms with Crippen LogP contribution in [0.2, 0.25) is 0 Å². The minimum absolute atomic E-state index is 0.138. The van der Waals surface area contributed by atoms with Crippen molar-refractivity contribution in [3.05, 3.63) is 0 Å². The monoisotopic (exact) mass is 200 g/mol. The van der Waals surface area contributed by atoms with Crippen molar-refractivity contribution in [2.75, 3.05) is 13.1 Å². The van der Waals surface area contributed by atoms with Crippen molar-refractivity contribution in [1.82, 2.24) is 10.2 Å². The van der Waals surface area contributed by atoms with E-state index in [-0.39, 0.29) is 6.10 Å². The number of nitrogens with zero attached hydrogens (tertiary/aromatic N) is 1. The Kier molecular flexibility index (Phi) is 4.35. The van der Waals surface area contributed by atoms with E-state index in [1.165, 1.54) is 0 Å². The molecule has 84 valence electrons. The predicted octanol–water partition coefficient (Wildman–Crippen LogP) is 0.828. The summed E-state index contributed by atoms with van der Waals surface area (Å²) in [5.74, 6) is 0. The first-order valence-electron chi connectivity index (χ1n) is 5.68. The van der Waals surface area contributed by atoms with Crippen molar-refractivity contribution in [3.8, 4) is 0 Å². The molecule has 14 heavy (non-hydrogen) atoms. The highest BCUT2D eigenvalue weighted by Gasteiger charge is 2.25. The summed E-state index contributed by atoms with van der Waals surface area (Å²) in [4.78, 5) is 2.47. The van der Waals surface area contributed by atoms with Gasteiger partial charge in [-0.15, -0.1) is 0 Å². The summed E-state index contributed by atoms with van der Waals surface area (Å²) < 4.78 is 0. The van der Waals surface area contributed by atoms with Crippen LogP contribution in [-0.4, -0.2) is 47.3 Å². The van der Waals surface area contributed by atoms with Crippen LogP contribution in [0.4, 0.5) is 0 Å². The van der Waals surface area contributed by atoms with E-state index in [1.54, 1.807) is 0 Å². The van der Waals surface area contributed by atoms with E-state index in [0.717, 1.165) is 19.5 Å². The molecule has 1 saturated heterocycles. The molecular weight excluding hydrogens is 176 g/mol. The highest BCUT2D eigenvalue weighted by molar-refractivity contribution is 4.85. The van der Waals surface area contributed by atoms with Gasteiger partial charge in [0.05, 0.1) is 6.10 Å². The summed E-state index contributed by atoms with van der Waals surface area (Å²) in [6, 6.07) is 1.62. The molecule has 3 heteroatoms. The molecular formula is C11H24N2O. The number of rotatable bonds is 4. The summed E-state index contributed by atoms with van der Waals surface area (Å²) in [6.45, 7) is 10.7. The van der Waals surface area contributed by atoms with Crippen molar-refractivity contribution in [1.29, 1.82) is 0 Å². The van der Waals surface area contributed by atoms with Crippen molar-refractivity contribution in [2.45, 2.75) is 58.3 Å². The van der Waals surface area contributed by atoms with Crippen molar-refractivity contribution in [3.63, 3.8) is 0 Å². The number of aliphatic hydroxyl groups excluding tert-OH is 1. The maximum absolute atomic E-state index is 9.41. The molecule has 1 heterocycles. The molecule has 1 aliphatic heterocycles. The molecule has 3 nitrogen and oxygen atoms in total. The normalized spacial score (nSPS) is 28.3. The average molecular weight is 200 g/mol. The fourth-order valence-corrected chi connectivity index (χ4v) is 2.21. The van der Waals surface area contributed by atoms with Gasteiger partial charge in [-0.1, -0.05) is 0 Å². The standard InChI is InChI=1S/C11H24N2O/c1-8(2)13(9(3)4)7-10-5-11(14)6-12-10/h8-12,14H,5-7H2,1-4H3/t10?,11-/m1/s1. The van der Waals surface area contributed by atoms with Crippen molar-refractivity contribution in [2.24, 2.45) is 0 Å². The molecule has 0 spiro atoms. The highest BCUT2D eigenvalue weighted by atomic mass is 16.3. The van der Waals surface area contributed by atoms with Crippen LogP contribution in [0.1, 0.15) is 34.1 Å². The Morgan fingerprint density at radius 3 is 2.21 bits per heavy atom. The molecule has 0 aromatic heterocycles. The lowest BCUT2D eigenvalue weighted by Gasteiger charge is -2.32. The molecule has 2 N–H and O–H groups in total. The summed E-state index contributed by atoms with van der Waals surface area (Å²) in [5, 5.41) is 12.8. The van der Waals surface area contributed by atoms with Crippen molar-refractivity contribution >= 4 is 0 Å². The number of β-amino-alcohol motifs (C(OH)–C–C–N with tert-alkyl or cyclic N) is 1. The zero-order chi connectivity index (χ0) is 10.7. The van der Waals surface area contributed by atoms with Crippen LogP contribution < -0.4 is 5.32 Å². The first-order chi connectivity index (χ1) is 6.50. The Morgan fingerprint density at radius 2 is 1.86 bits per heavy atom. The molecule has 0 saturated carbocycles. The van der Waals surface area contributed by atoms with E-state index < -0.39 is 0 Å². The minimum Gasteiger partial charge on any atom is -0.392 e. The van der Waals surface area contributed by atoms with E-state index in [4.69, 9.17) is 0 Å². The lowest BCUT2D eigenvalue weighted by atomic mass is 10.1. The predicted molar refractivity (Wildman–Crippen MR) is 59.4 cm³/mol. The first-order valence-corrected chi connectivity index (χ1v) is 5.68. The van der Waals surface area contributed by atoms with Crippen LogP contribution >= 0.6 is 0 Å². The van der Waals surface area contributed by atoms with Gasteiger partial charge in [-0.2, -0.15) is 0 Å².